The molecule has 0 aromatic carbocycles. The Morgan fingerprint density at radius 2 is 2.17 bits per heavy atom. The average molecular weight is 348 g/mol. The van der Waals surface area contributed by atoms with Crippen LogP contribution in [0.1, 0.15) is 58.9 Å². The summed E-state index contributed by atoms with van der Waals surface area (Å²) in [7, 11) is 0. The number of aryl methyl sites for hydroxylation is 4. The molecule has 0 N–H and O–H groups in total. The van der Waals surface area contributed by atoms with Crippen molar-refractivity contribution in [2.75, 3.05) is 13.1 Å². The molecular weight excluding hydrogens is 324 g/mol. The van der Waals surface area contributed by atoms with E-state index in [9.17, 15) is 4.79 Å². The van der Waals surface area contributed by atoms with Gasteiger partial charge >= 0.3 is 0 Å². The summed E-state index contributed by atoms with van der Waals surface area (Å²) in [6, 6.07) is 0. The molecule has 0 bridgehead atoms. The Morgan fingerprint density at radius 3 is 2.83 bits per heavy atom. The van der Waals surface area contributed by atoms with Crippen LogP contribution in [0.4, 0.5) is 0 Å². The first-order valence-electron chi connectivity index (χ1n) is 8.54. The second-order valence-corrected chi connectivity index (χ2v) is 7.70. The van der Waals surface area contributed by atoms with Gasteiger partial charge in [-0.15, -0.1) is 11.3 Å². The molecule has 2 aromatic heterocycles. The molecule has 1 aliphatic heterocycles. The van der Waals surface area contributed by atoms with Gasteiger partial charge in [-0.1, -0.05) is 5.16 Å². The largest absolute Gasteiger partial charge is 0.342 e. The maximum atomic E-state index is 12.5. The Morgan fingerprint density at radius 1 is 1.33 bits per heavy atom. The third kappa shape index (κ3) is 4.01. The minimum atomic E-state index is 0.223. The van der Waals surface area contributed by atoms with Crippen molar-refractivity contribution in [3.8, 4) is 0 Å². The molecular formula is C17H24N4O2S. The van der Waals surface area contributed by atoms with E-state index in [0.29, 0.717) is 30.5 Å². The summed E-state index contributed by atoms with van der Waals surface area (Å²) in [5.74, 6) is 1.87. The van der Waals surface area contributed by atoms with Crippen LogP contribution in [0.3, 0.4) is 0 Å². The number of hydrogen-bond donors (Lipinski definition) is 0. The van der Waals surface area contributed by atoms with Gasteiger partial charge in [0.15, 0.2) is 5.82 Å². The summed E-state index contributed by atoms with van der Waals surface area (Å²) in [6.07, 6.45) is 4.12. The van der Waals surface area contributed by atoms with E-state index in [1.165, 1.54) is 9.88 Å². The highest BCUT2D eigenvalue weighted by molar-refractivity contribution is 7.11. The predicted molar refractivity (Wildman–Crippen MR) is 92.1 cm³/mol. The van der Waals surface area contributed by atoms with Crippen molar-refractivity contribution in [3.05, 3.63) is 27.3 Å². The fourth-order valence-corrected chi connectivity index (χ4v) is 4.12. The average Bonchev–Trinajstić information content (AvgIpc) is 3.13. The van der Waals surface area contributed by atoms with Crippen molar-refractivity contribution >= 4 is 17.2 Å². The van der Waals surface area contributed by atoms with Crippen molar-refractivity contribution < 1.29 is 9.32 Å². The van der Waals surface area contributed by atoms with Crippen LogP contribution in [0.25, 0.3) is 0 Å². The zero-order chi connectivity index (χ0) is 17.1. The van der Waals surface area contributed by atoms with Crippen molar-refractivity contribution in [2.24, 2.45) is 0 Å². The van der Waals surface area contributed by atoms with E-state index >= 15 is 0 Å². The van der Waals surface area contributed by atoms with Gasteiger partial charge in [0.05, 0.1) is 10.7 Å². The third-order valence-electron chi connectivity index (χ3n) is 4.52. The number of carbonyl (C=O) groups is 1. The highest BCUT2D eigenvalue weighted by Gasteiger charge is 2.26. The fraction of sp³-hybridized carbons (Fsp3) is 0.647. The molecule has 0 radical (unpaired) electrons. The molecule has 24 heavy (non-hydrogen) atoms. The first-order chi connectivity index (χ1) is 11.5. The second-order valence-electron chi connectivity index (χ2n) is 6.46. The monoisotopic (exact) mass is 348 g/mol. The summed E-state index contributed by atoms with van der Waals surface area (Å²) in [4.78, 5) is 24.6. The van der Waals surface area contributed by atoms with Gasteiger partial charge in [-0.2, -0.15) is 4.98 Å². The molecule has 0 unspecified atom stereocenters. The van der Waals surface area contributed by atoms with Gasteiger partial charge < -0.3 is 9.42 Å². The zero-order valence-corrected chi connectivity index (χ0v) is 15.4. The Balaban J connectivity index is 1.51. The lowest BCUT2D eigenvalue weighted by molar-refractivity contribution is -0.132. The fourth-order valence-electron chi connectivity index (χ4n) is 3.07. The molecule has 0 spiro atoms. The van der Waals surface area contributed by atoms with Crippen LogP contribution in [-0.4, -0.2) is 39.0 Å². The van der Waals surface area contributed by atoms with Crippen LogP contribution < -0.4 is 0 Å². The standard InChI is InChI=1S/C17H24N4O2S/c1-11-12(2)24-17(18-11)14-6-5-9-21(10-14)16(22)8-4-7-15-19-13(3)20-23-15/h14H,4-10H2,1-3H3/t14-/m1/s1. The number of amides is 1. The van der Waals surface area contributed by atoms with Gasteiger partial charge in [0.25, 0.3) is 0 Å². The second kappa shape index (κ2) is 7.42. The maximum Gasteiger partial charge on any atom is 0.226 e. The summed E-state index contributed by atoms with van der Waals surface area (Å²) in [6.45, 7) is 7.62. The van der Waals surface area contributed by atoms with E-state index in [4.69, 9.17) is 4.52 Å². The van der Waals surface area contributed by atoms with Crippen LogP contribution >= 0.6 is 11.3 Å². The normalized spacial score (nSPS) is 18.1. The van der Waals surface area contributed by atoms with Gasteiger partial charge in [0.1, 0.15) is 0 Å². The summed E-state index contributed by atoms with van der Waals surface area (Å²) < 4.78 is 5.09. The maximum absolute atomic E-state index is 12.5. The molecule has 1 amide bonds. The smallest absolute Gasteiger partial charge is 0.226 e. The van der Waals surface area contributed by atoms with E-state index in [1.54, 1.807) is 18.3 Å². The minimum absolute atomic E-state index is 0.223. The van der Waals surface area contributed by atoms with Crippen molar-refractivity contribution in [1.29, 1.82) is 0 Å². The van der Waals surface area contributed by atoms with Crippen LogP contribution in [0, 0.1) is 20.8 Å². The molecule has 3 heterocycles. The Kier molecular flexibility index (Phi) is 5.28. The first kappa shape index (κ1) is 17.1. The number of piperidine rings is 1. The van der Waals surface area contributed by atoms with Crippen molar-refractivity contribution in [3.63, 3.8) is 0 Å². The molecule has 0 saturated carbocycles. The molecule has 1 saturated heterocycles. The summed E-state index contributed by atoms with van der Waals surface area (Å²) >= 11 is 1.78. The predicted octanol–water partition coefficient (Wildman–Crippen LogP) is 3.18. The lowest BCUT2D eigenvalue weighted by atomic mass is 9.98. The summed E-state index contributed by atoms with van der Waals surface area (Å²) in [5, 5.41) is 4.95. The number of nitrogens with zero attached hydrogens (tertiary/aromatic N) is 4. The number of carbonyl (C=O) groups excluding carboxylic acids is 1. The quantitative estimate of drug-likeness (QED) is 0.830. The van der Waals surface area contributed by atoms with Crippen LogP contribution in [0.5, 0.6) is 0 Å². The Hall–Kier alpha value is -1.76. The number of aromatic nitrogens is 3. The number of rotatable bonds is 5. The topological polar surface area (TPSA) is 72.1 Å². The molecule has 0 aliphatic carbocycles. The van der Waals surface area contributed by atoms with E-state index < -0.39 is 0 Å². The molecule has 3 rings (SSSR count). The van der Waals surface area contributed by atoms with Gasteiger partial charge in [-0.3, -0.25) is 4.79 Å². The van der Waals surface area contributed by atoms with E-state index in [0.717, 1.165) is 38.0 Å². The number of thiazole rings is 1. The molecule has 7 heteroatoms. The molecule has 130 valence electrons. The van der Waals surface area contributed by atoms with Crippen LogP contribution in [0.15, 0.2) is 4.52 Å². The highest BCUT2D eigenvalue weighted by atomic mass is 32.1. The zero-order valence-electron chi connectivity index (χ0n) is 14.5. The van der Waals surface area contributed by atoms with Crippen molar-refractivity contribution in [2.45, 2.75) is 58.8 Å². The van der Waals surface area contributed by atoms with Crippen LogP contribution in [0.2, 0.25) is 0 Å². The van der Waals surface area contributed by atoms with Crippen LogP contribution in [-0.2, 0) is 11.2 Å². The summed E-state index contributed by atoms with van der Waals surface area (Å²) in [5.41, 5.74) is 1.12. The molecule has 6 nitrogen and oxygen atoms in total. The van der Waals surface area contributed by atoms with Crippen molar-refractivity contribution in [1.82, 2.24) is 20.0 Å². The Bertz CT molecular complexity index is 690. The molecule has 1 atom stereocenters. The van der Waals surface area contributed by atoms with Gasteiger partial charge in [0, 0.05) is 36.7 Å². The minimum Gasteiger partial charge on any atom is -0.342 e. The van der Waals surface area contributed by atoms with Gasteiger partial charge in [-0.25, -0.2) is 4.98 Å². The molecule has 1 aliphatic rings. The lowest BCUT2D eigenvalue weighted by Gasteiger charge is -2.32. The first-order valence-corrected chi connectivity index (χ1v) is 9.35. The van der Waals surface area contributed by atoms with Gasteiger partial charge in [0.2, 0.25) is 11.8 Å². The number of likely N-dealkylation sites (tertiary alicyclic amines) is 1. The van der Waals surface area contributed by atoms with E-state index in [-0.39, 0.29) is 5.91 Å². The third-order valence-corrected chi connectivity index (χ3v) is 5.75. The lowest BCUT2D eigenvalue weighted by Crippen LogP contribution is -2.39. The SMILES string of the molecule is Cc1noc(CCCC(=O)N2CCC[C@@H](c3nc(C)c(C)s3)C2)n1. The van der Waals surface area contributed by atoms with E-state index in [2.05, 4.69) is 29.0 Å². The van der Waals surface area contributed by atoms with Gasteiger partial charge in [-0.05, 0) is 40.0 Å². The Labute approximate surface area is 146 Å². The highest BCUT2D eigenvalue weighted by Crippen LogP contribution is 2.31. The molecule has 1 fully saturated rings. The molecule has 2 aromatic rings. The van der Waals surface area contributed by atoms with E-state index in [1.807, 2.05) is 4.90 Å². The number of hydrogen-bond acceptors (Lipinski definition) is 6.